The number of carbonyl (C=O) groups excluding carboxylic acids is 3. The van der Waals surface area contributed by atoms with Gasteiger partial charge in [0, 0.05) is 56.6 Å². The minimum atomic E-state index is -4.24. The van der Waals surface area contributed by atoms with Crippen molar-refractivity contribution in [2.24, 2.45) is 5.73 Å². The van der Waals surface area contributed by atoms with Gasteiger partial charge in [0.1, 0.15) is 11.8 Å². The average Bonchev–Trinajstić information content (AvgIpc) is 3.51. The van der Waals surface area contributed by atoms with Crippen LogP contribution in [0.2, 0.25) is 0 Å². The number of nitrogens with two attached hydrogens (primary N) is 1. The van der Waals surface area contributed by atoms with E-state index in [-0.39, 0.29) is 30.4 Å². The number of hydrogen-bond acceptors (Lipinski definition) is 11. The number of aromatic nitrogens is 2. The minimum absolute atomic E-state index is 0.0211. The van der Waals surface area contributed by atoms with E-state index < -0.39 is 27.9 Å². The third-order valence-corrected chi connectivity index (χ3v) is 9.82. The van der Waals surface area contributed by atoms with Gasteiger partial charge in [0.25, 0.3) is 5.91 Å². The van der Waals surface area contributed by atoms with E-state index in [4.69, 9.17) is 15.2 Å². The number of sulfonamides is 1. The van der Waals surface area contributed by atoms with Crippen LogP contribution in [-0.4, -0.2) is 88.5 Å². The zero-order valence-electron chi connectivity index (χ0n) is 28.8. The topological polar surface area (TPSA) is 208 Å². The number of fused-ring (bicyclic) bond motifs is 1. The number of allylic oxidation sites excluding steroid dienone is 1. The zero-order chi connectivity index (χ0) is 36.1. The SMILES string of the molecule is COC(=O)[C@H](CNC(=O)c1ccc2c(cnn2CCCNC2=CCCCN2)c1)NS(=O)(=O)c1c(C)cc(OCCCC(=O)NCCN)cc1C. The fourth-order valence-corrected chi connectivity index (χ4v) is 7.27. The lowest BCUT2D eigenvalue weighted by Gasteiger charge is -2.20. The number of hydrogen-bond donors (Lipinski definition) is 6. The molecule has 0 saturated carbocycles. The van der Waals surface area contributed by atoms with Gasteiger partial charge < -0.3 is 36.5 Å². The number of carbonyl (C=O) groups is 3. The fraction of sp³-hybridized carbons (Fsp3) is 0.471. The first kappa shape index (κ1) is 38.1. The number of rotatable bonds is 19. The highest BCUT2D eigenvalue weighted by atomic mass is 32.2. The predicted molar refractivity (Wildman–Crippen MR) is 189 cm³/mol. The maximum absolute atomic E-state index is 13.5. The highest BCUT2D eigenvalue weighted by Crippen LogP contribution is 2.26. The Hall–Kier alpha value is -4.67. The van der Waals surface area contributed by atoms with Crippen molar-refractivity contribution in [1.82, 2.24) is 35.8 Å². The summed E-state index contributed by atoms with van der Waals surface area (Å²) in [5, 5.41) is 17.3. The van der Waals surface area contributed by atoms with Gasteiger partial charge in [0.2, 0.25) is 15.9 Å². The summed E-state index contributed by atoms with van der Waals surface area (Å²) in [5.74, 6) is 0.0453. The molecule has 15 nitrogen and oxygen atoms in total. The molecule has 1 aliphatic heterocycles. The standard InChI is InChI=1S/C34H48N8O7S/c1-23-18-27(49-17-6-9-31(43)38-15-12-35)19-24(2)32(23)50(46,47)41-28(34(45)48-3)22-39-33(44)25-10-11-29-26(20-25)21-40-42(29)16-7-14-37-30-8-4-5-13-36-30/h8,10-11,18-21,28,36-37,41H,4-7,9,12-17,22,35H2,1-3H3,(H,38,43)(H,39,44)/t28-/m0/s1. The molecule has 272 valence electrons. The van der Waals surface area contributed by atoms with Crippen molar-refractivity contribution in [1.29, 1.82) is 0 Å². The van der Waals surface area contributed by atoms with Crippen molar-refractivity contribution in [2.75, 3.05) is 46.4 Å². The maximum atomic E-state index is 13.5. The number of nitrogens with zero attached hydrogens (tertiary/aromatic N) is 2. The van der Waals surface area contributed by atoms with Crippen LogP contribution in [-0.2, 0) is 30.9 Å². The zero-order valence-corrected chi connectivity index (χ0v) is 29.7. The van der Waals surface area contributed by atoms with Gasteiger partial charge in [-0.05, 0) is 87.1 Å². The van der Waals surface area contributed by atoms with Gasteiger partial charge in [-0.25, -0.2) is 8.42 Å². The van der Waals surface area contributed by atoms with E-state index in [0.29, 0.717) is 48.5 Å². The number of methoxy groups -OCH3 is 1. The van der Waals surface area contributed by atoms with Crippen LogP contribution >= 0.6 is 0 Å². The summed E-state index contributed by atoms with van der Waals surface area (Å²) < 4.78 is 41.9. The number of aryl methyl sites for hydroxylation is 3. The molecule has 3 aromatic rings. The molecule has 0 unspecified atom stereocenters. The second kappa shape index (κ2) is 18.4. The van der Waals surface area contributed by atoms with Crippen LogP contribution in [0.25, 0.3) is 10.9 Å². The highest BCUT2D eigenvalue weighted by molar-refractivity contribution is 7.89. The molecular weight excluding hydrogens is 664 g/mol. The van der Waals surface area contributed by atoms with Crippen molar-refractivity contribution < 1.29 is 32.3 Å². The molecule has 0 bridgehead atoms. The van der Waals surface area contributed by atoms with Crippen LogP contribution in [0.3, 0.4) is 0 Å². The average molecular weight is 713 g/mol. The smallest absolute Gasteiger partial charge is 0.325 e. The lowest BCUT2D eigenvalue weighted by atomic mass is 10.1. The monoisotopic (exact) mass is 712 g/mol. The number of amides is 2. The van der Waals surface area contributed by atoms with E-state index in [1.807, 2.05) is 10.7 Å². The van der Waals surface area contributed by atoms with Gasteiger partial charge in [-0.1, -0.05) is 0 Å². The molecule has 7 N–H and O–H groups in total. The lowest BCUT2D eigenvalue weighted by Crippen LogP contribution is -2.49. The Morgan fingerprint density at radius 2 is 1.86 bits per heavy atom. The molecule has 16 heteroatoms. The molecular formula is C34H48N8O7S. The highest BCUT2D eigenvalue weighted by Gasteiger charge is 2.29. The molecule has 0 saturated heterocycles. The Kier molecular flexibility index (Phi) is 14.0. The molecule has 2 heterocycles. The summed E-state index contributed by atoms with van der Waals surface area (Å²) in [6.07, 6.45) is 7.67. The van der Waals surface area contributed by atoms with Gasteiger partial charge >= 0.3 is 5.97 Å². The van der Waals surface area contributed by atoms with Crippen molar-refractivity contribution in [2.45, 2.75) is 63.4 Å². The Labute approximate surface area is 292 Å². The van der Waals surface area contributed by atoms with E-state index in [9.17, 15) is 22.8 Å². The Morgan fingerprint density at radius 3 is 2.56 bits per heavy atom. The van der Waals surface area contributed by atoms with Gasteiger partial charge in [0.15, 0.2) is 0 Å². The molecule has 1 aromatic heterocycles. The third kappa shape index (κ3) is 10.7. The Balaban J connectivity index is 1.33. The largest absolute Gasteiger partial charge is 0.494 e. The van der Waals surface area contributed by atoms with Crippen LogP contribution in [0, 0.1) is 13.8 Å². The molecule has 2 aromatic carbocycles. The van der Waals surface area contributed by atoms with Crippen LogP contribution in [0.5, 0.6) is 5.75 Å². The molecule has 2 amide bonds. The second-order valence-corrected chi connectivity index (χ2v) is 13.6. The van der Waals surface area contributed by atoms with E-state index >= 15 is 0 Å². The lowest BCUT2D eigenvalue weighted by molar-refractivity contribution is -0.142. The quantitative estimate of drug-likeness (QED) is 0.0772. The van der Waals surface area contributed by atoms with E-state index in [1.165, 1.54) is 0 Å². The molecule has 0 radical (unpaired) electrons. The summed E-state index contributed by atoms with van der Waals surface area (Å²) in [7, 11) is -3.10. The summed E-state index contributed by atoms with van der Waals surface area (Å²) in [5.41, 5.74) is 7.39. The molecule has 50 heavy (non-hydrogen) atoms. The third-order valence-electron chi connectivity index (χ3n) is 8.05. The van der Waals surface area contributed by atoms with Crippen LogP contribution in [0.15, 0.2) is 53.3 Å². The summed E-state index contributed by atoms with van der Waals surface area (Å²) in [6.45, 7) is 6.38. The number of nitrogens with one attached hydrogen (secondary N) is 5. The first-order valence-electron chi connectivity index (χ1n) is 16.7. The van der Waals surface area contributed by atoms with Crippen molar-refractivity contribution in [3.8, 4) is 5.75 Å². The number of benzene rings is 2. The second-order valence-electron chi connectivity index (χ2n) is 12.0. The van der Waals surface area contributed by atoms with Crippen molar-refractivity contribution >= 4 is 38.7 Å². The summed E-state index contributed by atoms with van der Waals surface area (Å²) >= 11 is 0. The molecule has 1 aliphatic rings. The minimum Gasteiger partial charge on any atom is -0.494 e. The molecule has 1 atom stereocenters. The Bertz CT molecular complexity index is 1770. The van der Waals surface area contributed by atoms with E-state index in [2.05, 4.69) is 37.2 Å². The Morgan fingerprint density at radius 1 is 1.08 bits per heavy atom. The van der Waals surface area contributed by atoms with E-state index in [0.717, 1.165) is 56.2 Å². The summed E-state index contributed by atoms with van der Waals surface area (Å²) in [4.78, 5) is 37.5. The van der Waals surface area contributed by atoms with Gasteiger partial charge in [-0.2, -0.15) is 9.82 Å². The van der Waals surface area contributed by atoms with E-state index in [1.54, 1.807) is 44.3 Å². The van der Waals surface area contributed by atoms with Gasteiger partial charge in [-0.15, -0.1) is 0 Å². The van der Waals surface area contributed by atoms with Crippen LogP contribution in [0.1, 0.15) is 53.6 Å². The predicted octanol–water partition coefficient (Wildman–Crippen LogP) is 1.34. The van der Waals surface area contributed by atoms with Crippen LogP contribution in [0.4, 0.5) is 0 Å². The van der Waals surface area contributed by atoms with Crippen LogP contribution < -0.4 is 36.5 Å². The van der Waals surface area contributed by atoms with Gasteiger partial charge in [0.05, 0.1) is 36.1 Å². The van der Waals surface area contributed by atoms with Crippen molar-refractivity contribution in [3.63, 3.8) is 0 Å². The molecule has 0 fully saturated rings. The first-order valence-corrected chi connectivity index (χ1v) is 18.2. The summed E-state index contributed by atoms with van der Waals surface area (Å²) in [6, 6.07) is 6.94. The van der Waals surface area contributed by atoms with Gasteiger partial charge in [-0.3, -0.25) is 19.1 Å². The first-order chi connectivity index (χ1) is 24.0. The number of ether oxygens (including phenoxy) is 2. The number of esters is 1. The molecule has 0 aliphatic carbocycles. The maximum Gasteiger partial charge on any atom is 0.325 e. The molecule has 4 rings (SSSR count). The molecule has 0 spiro atoms. The van der Waals surface area contributed by atoms with Crippen molar-refractivity contribution in [3.05, 3.63) is 65.1 Å². The normalized spacial score (nSPS) is 13.6. The fourth-order valence-electron chi connectivity index (χ4n) is 5.64.